The fourth-order valence-corrected chi connectivity index (χ4v) is 9.32. The van der Waals surface area contributed by atoms with Gasteiger partial charge in [-0.3, -0.25) is 19.4 Å². The van der Waals surface area contributed by atoms with Crippen LogP contribution in [0.1, 0.15) is 21.9 Å². The summed E-state index contributed by atoms with van der Waals surface area (Å²) >= 11 is 6.17. The van der Waals surface area contributed by atoms with Gasteiger partial charge in [-0.2, -0.15) is 0 Å². The molecule has 2 saturated heterocycles. The molecule has 7 rings (SSSR count). The Kier molecular flexibility index (Phi) is 6.57. The van der Waals surface area contributed by atoms with Gasteiger partial charge < -0.3 is 9.47 Å². The number of hydrogen-bond acceptors (Lipinski definition) is 10. The van der Waals surface area contributed by atoms with Crippen molar-refractivity contribution < 1.29 is 19.1 Å². The molecule has 0 radical (unpaired) electrons. The molecular formula is C28H22N4O4S4. The standard InChI is InChI=1S/C28H22N4O4S4/c1-35-17-7-3-15(4-8-17)25-31(23(33)13-37-25)27-29-19-11-22-20(12-21(19)39-27)30-28(40-22)32-24(34)14-38-26(32)16-5-9-18(36-2)10-6-16/h3-12,25-26H,13-14H2,1-2H3/t25-,26+. The largest absolute Gasteiger partial charge is 0.497 e. The van der Waals surface area contributed by atoms with Gasteiger partial charge in [-0.05, 0) is 47.5 Å². The highest BCUT2D eigenvalue weighted by Gasteiger charge is 2.37. The molecule has 2 atom stereocenters. The van der Waals surface area contributed by atoms with Gasteiger partial charge in [0.25, 0.3) is 0 Å². The van der Waals surface area contributed by atoms with Gasteiger partial charge in [0.05, 0.1) is 46.2 Å². The SMILES string of the molecule is COc1ccc([C@H]2SCC(=O)N2c2nc3cc4sc(N5C(=O)CS[C@H]5c5ccc(OC)cc5)nc4cc3s2)cc1. The monoisotopic (exact) mass is 606 g/mol. The zero-order valence-electron chi connectivity index (χ0n) is 21.4. The number of amides is 2. The molecule has 0 spiro atoms. The summed E-state index contributed by atoms with van der Waals surface area (Å²) < 4.78 is 12.5. The van der Waals surface area contributed by atoms with E-state index in [1.54, 1.807) is 47.5 Å². The molecule has 8 nitrogen and oxygen atoms in total. The summed E-state index contributed by atoms with van der Waals surface area (Å²) in [5.41, 5.74) is 3.69. The molecule has 2 aliphatic heterocycles. The highest BCUT2D eigenvalue weighted by molar-refractivity contribution is 8.01. The minimum atomic E-state index is -0.140. The first kappa shape index (κ1) is 25.6. The highest BCUT2D eigenvalue weighted by atomic mass is 32.2. The van der Waals surface area contributed by atoms with Crippen LogP contribution < -0.4 is 19.3 Å². The van der Waals surface area contributed by atoms with E-state index in [-0.39, 0.29) is 22.6 Å². The third-order valence-electron chi connectivity index (χ3n) is 6.83. The molecule has 2 aliphatic rings. The van der Waals surface area contributed by atoms with Crippen LogP contribution in [0.15, 0.2) is 60.7 Å². The number of fused-ring (bicyclic) bond motifs is 2. The lowest BCUT2D eigenvalue weighted by atomic mass is 10.2. The van der Waals surface area contributed by atoms with Crippen molar-refractivity contribution in [2.24, 2.45) is 0 Å². The van der Waals surface area contributed by atoms with E-state index in [0.717, 1.165) is 43.1 Å². The molecule has 2 amide bonds. The summed E-state index contributed by atoms with van der Waals surface area (Å²) in [4.78, 5) is 39.2. The van der Waals surface area contributed by atoms with Crippen molar-refractivity contribution in [3.8, 4) is 11.5 Å². The van der Waals surface area contributed by atoms with Gasteiger partial charge in [0.15, 0.2) is 10.3 Å². The van der Waals surface area contributed by atoms with Gasteiger partial charge in [0.2, 0.25) is 11.8 Å². The van der Waals surface area contributed by atoms with Crippen molar-refractivity contribution in [3.05, 3.63) is 71.8 Å². The Morgan fingerprint density at radius 3 is 1.45 bits per heavy atom. The number of methoxy groups -OCH3 is 2. The molecule has 5 aromatic rings. The van der Waals surface area contributed by atoms with Crippen LogP contribution in [-0.2, 0) is 9.59 Å². The number of anilines is 2. The highest BCUT2D eigenvalue weighted by Crippen LogP contribution is 2.47. The minimum Gasteiger partial charge on any atom is -0.497 e. The molecule has 0 aliphatic carbocycles. The first-order valence-electron chi connectivity index (χ1n) is 12.4. The molecule has 40 heavy (non-hydrogen) atoms. The van der Waals surface area contributed by atoms with Gasteiger partial charge >= 0.3 is 0 Å². The Labute approximate surface area is 246 Å². The molecule has 0 unspecified atom stereocenters. The smallest absolute Gasteiger partial charge is 0.240 e. The number of benzene rings is 3. The van der Waals surface area contributed by atoms with Crippen molar-refractivity contribution in [1.82, 2.24) is 9.97 Å². The van der Waals surface area contributed by atoms with Crippen molar-refractivity contribution in [1.29, 1.82) is 0 Å². The maximum absolute atomic E-state index is 12.9. The summed E-state index contributed by atoms with van der Waals surface area (Å²) in [7, 11) is 3.28. The van der Waals surface area contributed by atoms with Crippen LogP contribution in [0.4, 0.5) is 10.3 Å². The lowest BCUT2D eigenvalue weighted by molar-refractivity contribution is -0.116. The second-order valence-corrected chi connectivity index (χ2v) is 13.3. The quantitative estimate of drug-likeness (QED) is 0.217. The Morgan fingerprint density at radius 2 is 1.07 bits per heavy atom. The fraction of sp³-hybridized carbons (Fsp3) is 0.214. The predicted molar refractivity (Wildman–Crippen MR) is 164 cm³/mol. The van der Waals surface area contributed by atoms with Crippen LogP contribution in [0, 0.1) is 0 Å². The fourth-order valence-electron chi connectivity index (χ4n) is 4.82. The Morgan fingerprint density at radius 1 is 0.675 bits per heavy atom. The predicted octanol–water partition coefficient (Wildman–Crippen LogP) is 6.48. The van der Waals surface area contributed by atoms with Crippen LogP contribution >= 0.6 is 46.2 Å². The molecule has 3 aromatic carbocycles. The Hall–Kier alpha value is -3.32. The normalized spacial score (nSPS) is 19.4. The number of thiazole rings is 2. The van der Waals surface area contributed by atoms with Crippen LogP contribution in [-0.4, -0.2) is 47.5 Å². The number of ether oxygens (including phenoxy) is 2. The number of thioether (sulfide) groups is 2. The van der Waals surface area contributed by atoms with Gasteiger partial charge in [-0.1, -0.05) is 46.9 Å². The number of aromatic nitrogens is 2. The number of rotatable bonds is 6. The van der Waals surface area contributed by atoms with E-state index in [9.17, 15) is 9.59 Å². The molecule has 202 valence electrons. The Balaban J connectivity index is 1.21. The third-order valence-corrected chi connectivity index (χ3v) is 11.3. The van der Waals surface area contributed by atoms with Gasteiger partial charge in [0, 0.05) is 0 Å². The summed E-state index contributed by atoms with van der Waals surface area (Å²) in [5, 5.41) is 1.07. The van der Waals surface area contributed by atoms with Crippen LogP contribution in [0.3, 0.4) is 0 Å². The van der Waals surface area contributed by atoms with E-state index < -0.39 is 0 Å². The van der Waals surface area contributed by atoms with Crippen molar-refractivity contribution in [3.63, 3.8) is 0 Å². The van der Waals surface area contributed by atoms with E-state index in [4.69, 9.17) is 19.4 Å². The average Bonchev–Trinajstić information content (AvgIpc) is 3.76. The number of carbonyl (C=O) groups is 2. The van der Waals surface area contributed by atoms with Gasteiger partial charge in [-0.15, -0.1) is 23.5 Å². The first-order chi connectivity index (χ1) is 19.5. The lowest BCUT2D eigenvalue weighted by Crippen LogP contribution is -2.27. The number of carbonyl (C=O) groups excluding carboxylic acids is 2. The van der Waals surface area contributed by atoms with E-state index in [0.29, 0.717) is 21.8 Å². The lowest BCUT2D eigenvalue weighted by Gasteiger charge is -2.21. The second kappa shape index (κ2) is 10.3. The van der Waals surface area contributed by atoms with E-state index in [2.05, 4.69) is 0 Å². The first-order valence-corrected chi connectivity index (χ1v) is 16.1. The van der Waals surface area contributed by atoms with Crippen LogP contribution in [0.25, 0.3) is 20.4 Å². The summed E-state index contributed by atoms with van der Waals surface area (Å²) in [5.74, 6) is 2.46. The third kappa shape index (κ3) is 4.39. The molecule has 4 heterocycles. The number of hydrogen-bond donors (Lipinski definition) is 0. The van der Waals surface area contributed by atoms with E-state index >= 15 is 0 Å². The molecule has 2 fully saturated rings. The summed E-state index contributed by atoms with van der Waals surface area (Å²) in [6.45, 7) is 0. The maximum atomic E-state index is 12.9. The molecule has 0 N–H and O–H groups in total. The molecular weight excluding hydrogens is 585 g/mol. The molecule has 12 heteroatoms. The van der Waals surface area contributed by atoms with Crippen molar-refractivity contribution in [2.75, 3.05) is 35.5 Å². The van der Waals surface area contributed by atoms with Crippen LogP contribution in [0.5, 0.6) is 11.5 Å². The summed E-state index contributed by atoms with van der Waals surface area (Å²) in [6, 6.07) is 19.6. The minimum absolute atomic E-state index is 0.0433. The second-order valence-electron chi connectivity index (χ2n) is 9.18. The zero-order valence-corrected chi connectivity index (χ0v) is 24.7. The van der Waals surface area contributed by atoms with E-state index in [1.165, 1.54) is 22.7 Å². The van der Waals surface area contributed by atoms with Crippen molar-refractivity contribution >= 4 is 88.7 Å². The number of nitrogens with zero attached hydrogens (tertiary/aromatic N) is 4. The molecule has 0 bridgehead atoms. The summed E-state index contributed by atoms with van der Waals surface area (Å²) in [6.07, 6.45) is 0. The Bertz CT molecular complexity index is 1580. The van der Waals surface area contributed by atoms with E-state index in [1.807, 2.05) is 60.7 Å². The zero-order chi connectivity index (χ0) is 27.4. The topological polar surface area (TPSA) is 84.9 Å². The van der Waals surface area contributed by atoms with Crippen LogP contribution in [0.2, 0.25) is 0 Å². The average molecular weight is 607 g/mol. The van der Waals surface area contributed by atoms with Gasteiger partial charge in [0.1, 0.15) is 22.2 Å². The molecule has 0 saturated carbocycles. The van der Waals surface area contributed by atoms with Gasteiger partial charge in [-0.25, -0.2) is 9.97 Å². The van der Waals surface area contributed by atoms with Crippen molar-refractivity contribution in [2.45, 2.75) is 10.7 Å². The maximum Gasteiger partial charge on any atom is 0.240 e. The molecule has 2 aromatic heterocycles.